The summed E-state index contributed by atoms with van der Waals surface area (Å²) in [7, 11) is 1.78. The maximum atomic E-state index is 14.1. The van der Waals surface area contributed by atoms with E-state index in [1.165, 1.54) is 12.1 Å². The van der Waals surface area contributed by atoms with Gasteiger partial charge in [-0.05, 0) is 48.1 Å². The number of benzene rings is 2. The number of aromatic nitrogens is 1. The van der Waals surface area contributed by atoms with Crippen molar-refractivity contribution in [2.45, 2.75) is 51.5 Å². The lowest BCUT2D eigenvalue weighted by atomic mass is 9.99. The van der Waals surface area contributed by atoms with Crippen molar-refractivity contribution in [3.63, 3.8) is 0 Å². The van der Waals surface area contributed by atoms with Crippen LogP contribution in [0.4, 0.5) is 4.39 Å². The third-order valence-electron chi connectivity index (χ3n) is 6.49. The molecule has 2 aromatic carbocycles. The van der Waals surface area contributed by atoms with Gasteiger partial charge in [0.1, 0.15) is 5.82 Å². The van der Waals surface area contributed by atoms with Crippen molar-refractivity contribution in [2.75, 3.05) is 13.6 Å². The van der Waals surface area contributed by atoms with Gasteiger partial charge in [-0.25, -0.2) is 4.39 Å². The predicted octanol–water partition coefficient (Wildman–Crippen LogP) is 4.64. The molecule has 3 aromatic rings. The van der Waals surface area contributed by atoms with Crippen LogP contribution in [0.3, 0.4) is 0 Å². The lowest BCUT2D eigenvalue weighted by molar-refractivity contribution is -0.137. The minimum Gasteiger partial charge on any atom is -0.481 e. The molecule has 1 aliphatic heterocycles. The summed E-state index contributed by atoms with van der Waals surface area (Å²) in [6, 6.07) is 10.6. The molecule has 184 valence electrons. The second-order valence-electron chi connectivity index (χ2n) is 9.12. The molecule has 7 nitrogen and oxygen atoms in total. The zero-order chi connectivity index (χ0) is 24.9. The van der Waals surface area contributed by atoms with Gasteiger partial charge >= 0.3 is 5.97 Å². The van der Waals surface area contributed by atoms with Gasteiger partial charge in [0.05, 0.1) is 5.56 Å². The van der Waals surface area contributed by atoms with E-state index in [4.69, 9.17) is 5.11 Å². The minimum atomic E-state index is -0.780. The van der Waals surface area contributed by atoms with Crippen molar-refractivity contribution < 1.29 is 23.9 Å². The molecule has 2 heterocycles. The van der Waals surface area contributed by atoms with Crippen LogP contribution in [-0.4, -0.2) is 46.4 Å². The lowest BCUT2D eigenvalue weighted by Gasteiger charge is -2.17. The molecule has 8 heteroatoms. The molecule has 0 unspecified atom stereocenters. The molecule has 0 spiro atoms. The van der Waals surface area contributed by atoms with Gasteiger partial charge in [-0.2, -0.15) is 0 Å². The number of aromatic amines is 1. The van der Waals surface area contributed by atoms with Gasteiger partial charge in [0, 0.05) is 49.6 Å². The summed E-state index contributed by atoms with van der Waals surface area (Å²) < 4.78 is 14.1. The predicted molar refractivity (Wildman–Crippen MR) is 132 cm³/mol. The molecule has 0 radical (unpaired) electrons. The summed E-state index contributed by atoms with van der Waals surface area (Å²) in [4.78, 5) is 40.4. The molecule has 3 N–H and O–H groups in total. The smallest absolute Gasteiger partial charge is 0.303 e. The first-order valence-electron chi connectivity index (χ1n) is 12.0. The molecule has 0 fully saturated rings. The highest BCUT2D eigenvalue weighted by molar-refractivity contribution is 6.10. The Kier molecular flexibility index (Phi) is 7.48. The molecule has 0 bridgehead atoms. The number of unbranched alkanes of at least 4 members (excludes halogenated alkanes) is 3. The fraction of sp³-hybridized carbons (Fsp3) is 0.370. The van der Waals surface area contributed by atoms with Crippen LogP contribution in [0.1, 0.15) is 60.0 Å². The molecule has 1 aliphatic rings. The average molecular weight is 480 g/mol. The fourth-order valence-corrected chi connectivity index (χ4v) is 4.67. The van der Waals surface area contributed by atoms with E-state index in [0.29, 0.717) is 43.4 Å². The second kappa shape index (κ2) is 10.7. The first kappa shape index (κ1) is 24.4. The van der Waals surface area contributed by atoms with E-state index in [1.54, 1.807) is 11.9 Å². The molecule has 35 heavy (non-hydrogen) atoms. The highest BCUT2D eigenvalue weighted by atomic mass is 19.1. The van der Waals surface area contributed by atoms with E-state index >= 15 is 0 Å². The number of hydrogen-bond donors (Lipinski definition) is 3. The Morgan fingerprint density at radius 3 is 2.49 bits per heavy atom. The van der Waals surface area contributed by atoms with Crippen molar-refractivity contribution in [1.82, 2.24) is 15.2 Å². The average Bonchev–Trinajstić information content (AvgIpc) is 3.09. The van der Waals surface area contributed by atoms with E-state index < -0.39 is 11.8 Å². The van der Waals surface area contributed by atoms with Crippen LogP contribution >= 0.6 is 0 Å². The number of carboxylic acid groups (broad SMARTS) is 1. The largest absolute Gasteiger partial charge is 0.481 e. The number of nitrogens with zero attached hydrogens (tertiary/aromatic N) is 1. The fourth-order valence-electron chi connectivity index (χ4n) is 4.67. The van der Waals surface area contributed by atoms with Gasteiger partial charge in [0.25, 0.3) is 5.91 Å². The van der Waals surface area contributed by atoms with Crippen LogP contribution in [0.25, 0.3) is 22.2 Å². The molecular formula is C27H30FN3O4. The van der Waals surface area contributed by atoms with Crippen LogP contribution in [0.2, 0.25) is 0 Å². The summed E-state index contributed by atoms with van der Waals surface area (Å²) >= 11 is 0. The SMILES string of the molecule is CN(Cc1ccc(-c2[nH]c3cc(F)cc4c3c2CCNC4=O)cc1)C(=O)CCCCCCC(=O)O. The maximum absolute atomic E-state index is 14.1. The molecule has 1 aromatic heterocycles. The number of rotatable bonds is 10. The third-order valence-corrected chi connectivity index (χ3v) is 6.49. The Hall–Kier alpha value is -3.68. The van der Waals surface area contributed by atoms with Crippen molar-refractivity contribution in [3.05, 3.63) is 58.9 Å². The molecule has 4 rings (SSSR count). The highest BCUT2D eigenvalue weighted by Gasteiger charge is 2.23. The number of nitrogens with one attached hydrogen (secondary N) is 2. The summed E-state index contributed by atoms with van der Waals surface area (Å²) in [5, 5.41) is 12.3. The van der Waals surface area contributed by atoms with E-state index in [2.05, 4.69) is 10.3 Å². The number of halogens is 1. The Bertz CT molecular complexity index is 1250. The van der Waals surface area contributed by atoms with Crippen LogP contribution in [-0.2, 0) is 22.6 Å². The van der Waals surface area contributed by atoms with Gasteiger partial charge in [-0.3, -0.25) is 14.4 Å². The first-order chi connectivity index (χ1) is 16.8. The third kappa shape index (κ3) is 5.70. The van der Waals surface area contributed by atoms with E-state index in [9.17, 15) is 18.8 Å². The number of carboxylic acids is 1. The normalized spacial score (nSPS) is 12.9. The molecular weight excluding hydrogens is 449 g/mol. The van der Waals surface area contributed by atoms with Gasteiger partial charge in [0.15, 0.2) is 0 Å². The van der Waals surface area contributed by atoms with E-state index in [-0.39, 0.29) is 18.2 Å². The quantitative estimate of drug-likeness (QED) is 0.369. The standard InChI is InChI=1S/C27H30FN3O4/c1-31(23(32)6-4-2-3-5-7-24(33)34)16-17-8-10-18(11-9-17)26-20-12-13-29-27(35)21-14-19(28)15-22(30-26)25(20)21/h8-11,14-15,30H,2-7,12-13,16H2,1H3,(H,29,35)(H,33,34). The van der Waals surface area contributed by atoms with Gasteiger partial charge in [0.2, 0.25) is 5.91 Å². The van der Waals surface area contributed by atoms with Crippen LogP contribution < -0.4 is 5.32 Å². The summed E-state index contributed by atoms with van der Waals surface area (Å²) in [6.07, 6.45) is 4.34. The maximum Gasteiger partial charge on any atom is 0.303 e. The Balaban J connectivity index is 1.41. The van der Waals surface area contributed by atoms with Crippen LogP contribution in [0.15, 0.2) is 36.4 Å². The Morgan fingerprint density at radius 2 is 1.77 bits per heavy atom. The number of hydrogen-bond acceptors (Lipinski definition) is 3. The van der Waals surface area contributed by atoms with Gasteiger partial charge in [-0.1, -0.05) is 37.1 Å². The molecule has 2 amide bonds. The topological polar surface area (TPSA) is 103 Å². The van der Waals surface area contributed by atoms with Crippen LogP contribution in [0.5, 0.6) is 0 Å². The zero-order valence-electron chi connectivity index (χ0n) is 19.8. The number of aliphatic carboxylic acids is 1. The monoisotopic (exact) mass is 479 g/mol. The lowest BCUT2D eigenvalue weighted by Crippen LogP contribution is -2.25. The zero-order valence-corrected chi connectivity index (χ0v) is 19.8. The summed E-state index contributed by atoms with van der Waals surface area (Å²) in [5.74, 6) is -1.43. The highest BCUT2D eigenvalue weighted by Crippen LogP contribution is 2.34. The molecule has 0 saturated heterocycles. The summed E-state index contributed by atoms with van der Waals surface area (Å²) in [5.41, 5.74) is 4.78. The van der Waals surface area contributed by atoms with Crippen molar-refractivity contribution in [1.29, 1.82) is 0 Å². The Labute approximate surface area is 203 Å². The van der Waals surface area contributed by atoms with E-state index in [0.717, 1.165) is 47.0 Å². The molecule has 0 atom stereocenters. The van der Waals surface area contributed by atoms with Crippen molar-refractivity contribution in [2.24, 2.45) is 0 Å². The number of carbonyl (C=O) groups is 3. The van der Waals surface area contributed by atoms with Gasteiger partial charge in [-0.15, -0.1) is 0 Å². The Morgan fingerprint density at radius 1 is 1.06 bits per heavy atom. The van der Waals surface area contributed by atoms with Gasteiger partial charge < -0.3 is 20.3 Å². The summed E-state index contributed by atoms with van der Waals surface area (Å²) in [6.45, 7) is 0.977. The van der Waals surface area contributed by atoms with Crippen LogP contribution in [0, 0.1) is 5.82 Å². The van der Waals surface area contributed by atoms with E-state index in [1.807, 2.05) is 24.3 Å². The number of H-pyrrole nitrogens is 1. The number of amides is 2. The molecule has 0 saturated carbocycles. The molecule has 0 aliphatic carbocycles. The van der Waals surface area contributed by atoms with Crippen molar-refractivity contribution >= 4 is 28.7 Å². The van der Waals surface area contributed by atoms with Crippen molar-refractivity contribution in [3.8, 4) is 11.3 Å². The second-order valence-corrected chi connectivity index (χ2v) is 9.12. The minimum absolute atomic E-state index is 0.0651. The first-order valence-corrected chi connectivity index (χ1v) is 12.0. The number of carbonyl (C=O) groups excluding carboxylic acids is 2.